The molecular weight excluding hydrogens is 196 g/mol. The van der Waals surface area contributed by atoms with E-state index in [2.05, 4.69) is 18.6 Å². The second kappa shape index (κ2) is 11.9. The predicted molar refractivity (Wildman–Crippen MR) is 59.0 cm³/mol. The largest absolute Gasteiger partial charge is 0.394 e. The Hall–Kier alpha value is -0.160. The monoisotopic (exact) mass is 220 g/mol. The highest BCUT2D eigenvalue weighted by atomic mass is 16.6. The van der Waals surface area contributed by atoms with Gasteiger partial charge in [-0.3, -0.25) is 0 Å². The summed E-state index contributed by atoms with van der Waals surface area (Å²) < 4.78 is 14.2. The normalized spacial score (nSPS) is 20.6. The molecule has 92 valence electrons. The van der Waals surface area contributed by atoms with E-state index in [1.807, 2.05) is 0 Å². The molecule has 4 nitrogen and oxygen atoms in total. The summed E-state index contributed by atoms with van der Waals surface area (Å²) in [5, 5.41) is 8.24. The minimum atomic E-state index is 0.143. The average Bonchev–Trinajstić information content (AvgIpc) is 3.04. The van der Waals surface area contributed by atoms with Gasteiger partial charge in [-0.1, -0.05) is 13.3 Å². The van der Waals surface area contributed by atoms with Crippen LogP contribution in [0.15, 0.2) is 0 Å². The van der Waals surface area contributed by atoms with Crippen LogP contribution in [0.3, 0.4) is 0 Å². The molecule has 1 unspecified atom stereocenters. The summed E-state index contributed by atoms with van der Waals surface area (Å²) in [6.45, 7) is 8.57. The van der Waals surface area contributed by atoms with E-state index in [4.69, 9.17) is 14.6 Å². The Morgan fingerprint density at radius 2 is 1.87 bits per heavy atom. The molecule has 0 saturated carbocycles. The summed E-state index contributed by atoms with van der Waals surface area (Å²) in [5.74, 6) is 0. The Bertz CT molecular complexity index is 104. The molecular formula is C11H24O4. The third kappa shape index (κ3) is 24.8. The lowest BCUT2D eigenvalue weighted by atomic mass is 10.4. The van der Waals surface area contributed by atoms with E-state index in [0.29, 0.717) is 12.7 Å². The van der Waals surface area contributed by atoms with Crippen LogP contribution < -0.4 is 0 Å². The highest BCUT2D eigenvalue weighted by Crippen LogP contribution is 2.04. The zero-order chi connectivity index (χ0) is 11.4. The van der Waals surface area contributed by atoms with Crippen LogP contribution in [0.4, 0.5) is 0 Å². The Labute approximate surface area is 92.5 Å². The van der Waals surface area contributed by atoms with Crippen LogP contribution in [0, 0.1) is 0 Å². The number of hydrogen-bond donors (Lipinski definition) is 1. The van der Waals surface area contributed by atoms with E-state index >= 15 is 0 Å². The zero-order valence-corrected chi connectivity index (χ0v) is 9.91. The van der Waals surface area contributed by atoms with Crippen LogP contribution in [0.1, 0.15) is 26.7 Å². The van der Waals surface area contributed by atoms with E-state index in [9.17, 15) is 0 Å². The van der Waals surface area contributed by atoms with Gasteiger partial charge in [-0.15, -0.1) is 0 Å². The molecule has 0 radical (unpaired) electrons. The van der Waals surface area contributed by atoms with Gasteiger partial charge in [0.15, 0.2) is 0 Å². The van der Waals surface area contributed by atoms with Gasteiger partial charge in [0.2, 0.25) is 0 Å². The molecule has 0 spiro atoms. The molecule has 0 aliphatic carbocycles. The first-order chi connectivity index (χ1) is 7.31. The standard InChI is InChI=1S/C6H14O2.C3H6O.C2H4O/c1-2-3-5-8-6-4-7;1-3-2-4-3;1-2-3-1/h7H,2-6H2,1H3;3H,2H2,1H3;1-2H2. The van der Waals surface area contributed by atoms with Crippen LogP contribution in [0.5, 0.6) is 0 Å². The lowest BCUT2D eigenvalue weighted by Crippen LogP contribution is -1.99. The molecule has 0 aromatic carbocycles. The Morgan fingerprint density at radius 1 is 1.33 bits per heavy atom. The number of hydrogen-bond acceptors (Lipinski definition) is 4. The number of unbranched alkanes of at least 4 members (excludes halogenated alkanes) is 1. The first-order valence-electron chi connectivity index (χ1n) is 5.69. The van der Waals surface area contributed by atoms with Gasteiger partial charge in [-0.25, -0.2) is 0 Å². The maximum atomic E-state index is 8.24. The number of rotatable bonds is 5. The van der Waals surface area contributed by atoms with Crippen LogP contribution >= 0.6 is 0 Å². The van der Waals surface area contributed by atoms with Gasteiger partial charge in [0.1, 0.15) is 0 Å². The molecule has 2 rings (SSSR count). The van der Waals surface area contributed by atoms with Gasteiger partial charge < -0.3 is 19.3 Å². The summed E-state index contributed by atoms with van der Waals surface area (Å²) in [4.78, 5) is 0. The van der Waals surface area contributed by atoms with Gasteiger partial charge in [-0.05, 0) is 13.3 Å². The van der Waals surface area contributed by atoms with Crippen molar-refractivity contribution >= 4 is 0 Å². The minimum absolute atomic E-state index is 0.143. The third-order valence-corrected chi connectivity index (χ3v) is 1.58. The van der Waals surface area contributed by atoms with Crippen LogP contribution in [-0.4, -0.2) is 50.9 Å². The van der Waals surface area contributed by atoms with Gasteiger partial charge in [0.25, 0.3) is 0 Å². The highest BCUT2D eigenvalue weighted by molar-refractivity contribution is 4.58. The predicted octanol–water partition coefficient (Wildman–Crippen LogP) is 1.22. The maximum absolute atomic E-state index is 8.24. The molecule has 2 fully saturated rings. The van der Waals surface area contributed by atoms with E-state index in [0.717, 1.165) is 39.3 Å². The van der Waals surface area contributed by atoms with Gasteiger partial charge in [0.05, 0.1) is 39.1 Å². The summed E-state index contributed by atoms with van der Waals surface area (Å²) in [6, 6.07) is 0. The molecule has 15 heavy (non-hydrogen) atoms. The summed E-state index contributed by atoms with van der Waals surface area (Å²) in [7, 11) is 0. The fourth-order valence-corrected chi connectivity index (χ4v) is 0.509. The lowest BCUT2D eigenvalue weighted by molar-refractivity contribution is 0.0904. The van der Waals surface area contributed by atoms with Crippen molar-refractivity contribution in [2.75, 3.05) is 39.6 Å². The summed E-state index contributed by atoms with van der Waals surface area (Å²) in [6.07, 6.45) is 2.84. The fourth-order valence-electron chi connectivity index (χ4n) is 0.509. The van der Waals surface area contributed by atoms with Crippen molar-refractivity contribution in [2.45, 2.75) is 32.8 Å². The van der Waals surface area contributed by atoms with Crippen molar-refractivity contribution in [1.82, 2.24) is 0 Å². The molecule has 2 heterocycles. The molecule has 1 atom stereocenters. The van der Waals surface area contributed by atoms with Crippen molar-refractivity contribution in [3.8, 4) is 0 Å². The van der Waals surface area contributed by atoms with Crippen molar-refractivity contribution in [3.63, 3.8) is 0 Å². The number of aliphatic hydroxyl groups is 1. The molecule has 2 saturated heterocycles. The summed E-state index contributed by atoms with van der Waals surface area (Å²) >= 11 is 0. The van der Waals surface area contributed by atoms with E-state index in [1.165, 1.54) is 0 Å². The van der Waals surface area contributed by atoms with Crippen molar-refractivity contribution < 1.29 is 19.3 Å². The van der Waals surface area contributed by atoms with Crippen LogP contribution in [0.25, 0.3) is 0 Å². The fraction of sp³-hybridized carbons (Fsp3) is 1.00. The summed E-state index contributed by atoms with van der Waals surface area (Å²) in [5.41, 5.74) is 0. The number of aliphatic hydroxyl groups excluding tert-OH is 1. The van der Waals surface area contributed by atoms with E-state index in [-0.39, 0.29) is 6.61 Å². The molecule has 4 heteroatoms. The Kier molecular flexibility index (Phi) is 11.8. The second-order valence-electron chi connectivity index (χ2n) is 3.45. The maximum Gasteiger partial charge on any atom is 0.0781 e. The molecule has 1 N–H and O–H groups in total. The number of ether oxygens (including phenoxy) is 3. The van der Waals surface area contributed by atoms with Crippen molar-refractivity contribution in [2.24, 2.45) is 0 Å². The van der Waals surface area contributed by atoms with Crippen molar-refractivity contribution in [3.05, 3.63) is 0 Å². The van der Waals surface area contributed by atoms with Gasteiger partial charge >= 0.3 is 0 Å². The Balaban J connectivity index is 0.000000226. The van der Waals surface area contributed by atoms with Crippen LogP contribution in [0.2, 0.25) is 0 Å². The van der Waals surface area contributed by atoms with E-state index in [1.54, 1.807) is 0 Å². The second-order valence-corrected chi connectivity index (χ2v) is 3.45. The van der Waals surface area contributed by atoms with Crippen molar-refractivity contribution in [1.29, 1.82) is 0 Å². The lowest BCUT2D eigenvalue weighted by Gasteiger charge is -1.97. The smallest absolute Gasteiger partial charge is 0.0781 e. The van der Waals surface area contributed by atoms with Gasteiger partial charge in [-0.2, -0.15) is 0 Å². The topological polar surface area (TPSA) is 54.5 Å². The molecule has 0 aromatic rings. The number of epoxide rings is 2. The molecule has 0 bridgehead atoms. The Morgan fingerprint density at radius 3 is 2.13 bits per heavy atom. The van der Waals surface area contributed by atoms with E-state index < -0.39 is 0 Å². The molecule has 0 aromatic heterocycles. The first-order valence-corrected chi connectivity index (χ1v) is 5.69. The third-order valence-electron chi connectivity index (χ3n) is 1.58. The minimum Gasteiger partial charge on any atom is -0.394 e. The molecule has 0 amide bonds. The molecule has 2 aliphatic heterocycles. The van der Waals surface area contributed by atoms with Gasteiger partial charge in [0, 0.05) is 6.61 Å². The SMILES string of the molecule is C1CO1.CC1CO1.CCCCOCCO. The first kappa shape index (κ1) is 14.8. The average molecular weight is 220 g/mol. The molecule has 2 aliphatic rings. The zero-order valence-electron chi connectivity index (χ0n) is 9.91. The highest BCUT2D eigenvalue weighted by Gasteiger charge is 2.13. The quantitative estimate of drug-likeness (QED) is 0.559. The van der Waals surface area contributed by atoms with Crippen LogP contribution in [-0.2, 0) is 14.2 Å².